The zero-order valence-electron chi connectivity index (χ0n) is 16.3. The predicted octanol–water partition coefficient (Wildman–Crippen LogP) is 2.42. The van der Waals surface area contributed by atoms with E-state index in [0.29, 0.717) is 27.0 Å². The molecule has 4 rings (SSSR count). The minimum atomic E-state index is -0.520. The molecule has 4 aromatic rings. The first kappa shape index (κ1) is 19.8. The molecule has 0 radical (unpaired) electrons. The van der Waals surface area contributed by atoms with Crippen molar-refractivity contribution < 1.29 is 14.3 Å². The second kappa shape index (κ2) is 8.46. The number of rotatable bonds is 6. The van der Waals surface area contributed by atoms with E-state index in [2.05, 4.69) is 20.1 Å². The van der Waals surface area contributed by atoms with Gasteiger partial charge in [-0.2, -0.15) is 4.98 Å². The second-order valence-corrected chi connectivity index (χ2v) is 7.47. The maximum Gasteiger partial charge on any atom is 0.339 e. The molecule has 3 heterocycles. The van der Waals surface area contributed by atoms with Gasteiger partial charge in [-0.3, -0.25) is 0 Å². The lowest BCUT2D eigenvalue weighted by molar-refractivity contribution is -0.620. The molecule has 0 unspecified atom stereocenters. The SMILES string of the molecule is Cc1cc(C)n2nc(SCc3ccccc3C(=O)OCc3nccc[n+]3[O-])nc2n1. The average Bonchev–Trinajstić information content (AvgIpc) is 3.15. The highest BCUT2D eigenvalue weighted by Gasteiger charge is 2.17. The Morgan fingerprint density at radius 1 is 1.23 bits per heavy atom. The van der Waals surface area contributed by atoms with Gasteiger partial charge in [0.15, 0.2) is 6.61 Å². The van der Waals surface area contributed by atoms with E-state index in [1.807, 2.05) is 32.0 Å². The number of carbonyl (C=O) groups excluding carboxylic acids is 1. The fourth-order valence-corrected chi connectivity index (χ4v) is 3.72. The molecule has 0 bridgehead atoms. The number of aryl methyl sites for hydroxylation is 2. The van der Waals surface area contributed by atoms with E-state index < -0.39 is 5.97 Å². The minimum absolute atomic E-state index is 0.116. The molecule has 10 heteroatoms. The van der Waals surface area contributed by atoms with E-state index in [-0.39, 0.29) is 12.4 Å². The molecule has 9 nitrogen and oxygen atoms in total. The van der Waals surface area contributed by atoms with Crippen LogP contribution in [0.1, 0.15) is 33.1 Å². The second-order valence-electron chi connectivity index (χ2n) is 6.53. The predicted molar refractivity (Wildman–Crippen MR) is 109 cm³/mol. The Balaban J connectivity index is 1.47. The highest BCUT2D eigenvalue weighted by atomic mass is 32.2. The van der Waals surface area contributed by atoms with Crippen LogP contribution in [0.4, 0.5) is 0 Å². The molecule has 0 aliphatic heterocycles. The third-order valence-corrected chi connectivity index (χ3v) is 5.20. The summed E-state index contributed by atoms with van der Waals surface area (Å²) < 4.78 is 7.55. The maximum absolute atomic E-state index is 12.6. The van der Waals surface area contributed by atoms with Gasteiger partial charge in [-0.25, -0.2) is 19.0 Å². The van der Waals surface area contributed by atoms with Crippen molar-refractivity contribution in [1.82, 2.24) is 24.6 Å². The van der Waals surface area contributed by atoms with Gasteiger partial charge in [0.2, 0.25) is 5.16 Å². The molecule has 0 N–H and O–H groups in total. The van der Waals surface area contributed by atoms with Crippen molar-refractivity contribution in [1.29, 1.82) is 0 Å². The van der Waals surface area contributed by atoms with Gasteiger partial charge in [0.25, 0.3) is 5.78 Å². The quantitative estimate of drug-likeness (QED) is 0.202. The molecule has 0 amide bonds. The van der Waals surface area contributed by atoms with E-state index in [4.69, 9.17) is 4.74 Å². The molecule has 152 valence electrons. The van der Waals surface area contributed by atoms with Gasteiger partial charge in [0.1, 0.15) is 6.20 Å². The van der Waals surface area contributed by atoms with Crippen molar-refractivity contribution in [2.45, 2.75) is 31.4 Å². The zero-order chi connectivity index (χ0) is 21.1. The molecule has 0 aliphatic rings. The van der Waals surface area contributed by atoms with E-state index in [1.54, 1.807) is 16.6 Å². The largest absolute Gasteiger partial charge is 0.711 e. The van der Waals surface area contributed by atoms with Gasteiger partial charge in [-0.05, 0) is 36.5 Å². The molecule has 0 saturated heterocycles. The zero-order valence-corrected chi connectivity index (χ0v) is 17.2. The lowest BCUT2D eigenvalue weighted by Crippen LogP contribution is -2.33. The average molecular weight is 422 g/mol. The smallest absolute Gasteiger partial charge is 0.339 e. The number of carbonyl (C=O) groups is 1. The normalized spacial score (nSPS) is 11.0. The first-order chi connectivity index (χ1) is 14.5. The number of hydrogen-bond donors (Lipinski definition) is 0. The Kier molecular flexibility index (Phi) is 5.57. The molecule has 3 aromatic heterocycles. The molecule has 30 heavy (non-hydrogen) atoms. The van der Waals surface area contributed by atoms with E-state index in [0.717, 1.165) is 17.0 Å². The summed E-state index contributed by atoms with van der Waals surface area (Å²) in [6.45, 7) is 3.65. The fourth-order valence-electron chi connectivity index (χ4n) is 2.89. The number of hydrogen-bond acceptors (Lipinski definition) is 8. The molecule has 0 fully saturated rings. The highest BCUT2D eigenvalue weighted by Crippen LogP contribution is 2.23. The van der Waals surface area contributed by atoms with Crippen molar-refractivity contribution in [2.75, 3.05) is 0 Å². The Labute approximate surface area is 176 Å². The van der Waals surface area contributed by atoms with Crippen LogP contribution in [0.15, 0.2) is 53.9 Å². The maximum atomic E-state index is 12.6. The summed E-state index contributed by atoms with van der Waals surface area (Å²) in [7, 11) is 0. The summed E-state index contributed by atoms with van der Waals surface area (Å²) in [5, 5.41) is 16.7. The lowest BCUT2D eigenvalue weighted by atomic mass is 10.1. The van der Waals surface area contributed by atoms with Crippen LogP contribution in [0.2, 0.25) is 0 Å². The summed E-state index contributed by atoms with van der Waals surface area (Å²) in [6.07, 6.45) is 2.78. The summed E-state index contributed by atoms with van der Waals surface area (Å²) in [5.74, 6) is 0.618. The number of esters is 1. The molecular formula is C20H18N6O3S. The van der Waals surface area contributed by atoms with Gasteiger partial charge in [0.05, 0.1) is 11.8 Å². The van der Waals surface area contributed by atoms with Crippen LogP contribution in [0.5, 0.6) is 0 Å². The topological polar surface area (TPSA) is 109 Å². The number of thioether (sulfide) groups is 1. The third kappa shape index (κ3) is 4.23. The van der Waals surface area contributed by atoms with Crippen LogP contribution in [0.25, 0.3) is 5.78 Å². The molecule has 0 saturated carbocycles. The van der Waals surface area contributed by atoms with Crippen LogP contribution in [-0.4, -0.2) is 30.5 Å². The minimum Gasteiger partial charge on any atom is -0.711 e. The number of benzene rings is 1. The first-order valence-electron chi connectivity index (χ1n) is 9.13. The third-order valence-electron chi connectivity index (χ3n) is 4.31. The molecule has 0 aliphatic carbocycles. The Bertz CT molecular complexity index is 1230. The van der Waals surface area contributed by atoms with E-state index >= 15 is 0 Å². The lowest BCUT2D eigenvalue weighted by Gasteiger charge is -2.09. The molecular weight excluding hydrogens is 404 g/mol. The van der Waals surface area contributed by atoms with Crippen LogP contribution in [0.3, 0.4) is 0 Å². The number of aromatic nitrogens is 6. The van der Waals surface area contributed by atoms with Gasteiger partial charge < -0.3 is 9.94 Å². The van der Waals surface area contributed by atoms with Crippen LogP contribution in [-0.2, 0) is 17.1 Å². The summed E-state index contributed by atoms with van der Waals surface area (Å²) >= 11 is 1.41. The van der Waals surface area contributed by atoms with Gasteiger partial charge >= 0.3 is 11.8 Å². The van der Waals surface area contributed by atoms with Crippen molar-refractivity contribution in [2.24, 2.45) is 0 Å². The summed E-state index contributed by atoms with van der Waals surface area (Å²) in [4.78, 5) is 25.3. The summed E-state index contributed by atoms with van der Waals surface area (Å²) in [5.41, 5.74) is 3.03. The Hall–Kier alpha value is -3.53. The van der Waals surface area contributed by atoms with Crippen molar-refractivity contribution in [3.63, 3.8) is 0 Å². The van der Waals surface area contributed by atoms with Crippen molar-refractivity contribution in [3.05, 3.63) is 82.3 Å². The Morgan fingerprint density at radius 3 is 2.90 bits per heavy atom. The standard InChI is InChI=1S/C20H18N6O3S/c1-13-10-14(2)26-19(22-13)23-20(24-26)30-12-15-6-3-4-7-16(15)18(27)29-11-17-21-8-5-9-25(17)28/h3-10H,11-12H2,1-2H3. The van der Waals surface area contributed by atoms with Crippen molar-refractivity contribution in [3.8, 4) is 0 Å². The van der Waals surface area contributed by atoms with Gasteiger partial charge in [-0.15, -0.1) is 5.10 Å². The highest BCUT2D eigenvalue weighted by molar-refractivity contribution is 7.98. The molecule has 0 spiro atoms. The fraction of sp³-hybridized carbons (Fsp3) is 0.200. The van der Waals surface area contributed by atoms with Gasteiger partial charge in [-0.1, -0.05) is 30.0 Å². The van der Waals surface area contributed by atoms with Crippen LogP contribution in [0, 0.1) is 19.1 Å². The monoisotopic (exact) mass is 422 g/mol. The molecule has 0 atom stereocenters. The van der Waals surface area contributed by atoms with Crippen LogP contribution >= 0.6 is 11.8 Å². The van der Waals surface area contributed by atoms with Crippen molar-refractivity contribution >= 4 is 23.5 Å². The van der Waals surface area contributed by atoms with Gasteiger partial charge in [0, 0.05) is 23.2 Å². The number of fused-ring (bicyclic) bond motifs is 1. The first-order valence-corrected chi connectivity index (χ1v) is 10.1. The number of ether oxygens (including phenoxy) is 1. The van der Waals surface area contributed by atoms with E-state index in [1.165, 1.54) is 30.2 Å². The molecule has 1 aromatic carbocycles. The van der Waals surface area contributed by atoms with E-state index in [9.17, 15) is 10.0 Å². The summed E-state index contributed by atoms with van der Waals surface area (Å²) in [6, 6.07) is 10.6. The Morgan fingerprint density at radius 2 is 2.07 bits per heavy atom. The van der Waals surface area contributed by atoms with Crippen LogP contribution < -0.4 is 4.73 Å². The number of nitrogens with zero attached hydrogens (tertiary/aromatic N) is 6.